The maximum absolute atomic E-state index is 13.2. The molecule has 0 unspecified atom stereocenters. The van der Waals surface area contributed by atoms with E-state index in [1.807, 2.05) is 30.1 Å². The van der Waals surface area contributed by atoms with Gasteiger partial charge in [0.05, 0.1) is 25.6 Å². The van der Waals surface area contributed by atoms with E-state index >= 15 is 0 Å². The third-order valence-electron chi connectivity index (χ3n) is 6.55. The van der Waals surface area contributed by atoms with Gasteiger partial charge in [0.2, 0.25) is 5.91 Å². The third kappa shape index (κ3) is 5.33. The van der Waals surface area contributed by atoms with E-state index in [1.54, 1.807) is 4.90 Å². The minimum absolute atomic E-state index is 0.00696. The van der Waals surface area contributed by atoms with Crippen LogP contribution in [0.1, 0.15) is 58.5 Å². The minimum Gasteiger partial charge on any atom is -0.465 e. The van der Waals surface area contributed by atoms with Crippen molar-refractivity contribution < 1.29 is 22.7 Å². The number of fused-ring (bicyclic) bond motifs is 1. The Morgan fingerprint density at radius 3 is 2.67 bits per heavy atom. The number of thiophene rings is 1. The Morgan fingerprint density at radius 1 is 1.24 bits per heavy atom. The molecule has 180 valence electrons. The number of esters is 1. The lowest BCUT2D eigenvalue weighted by Gasteiger charge is -2.27. The summed E-state index contributed by atoms with van der Waals surface area (Å²) < 4.78 is 36.0. The molecular formula is C23H31N3O5S2. The maximum Gasteiger partial charge on any atom is 0.340 e. The Morgan fingerprint density at radius 2 is 2.00 bits per heavy atom. The van der Waals surface area contributed by atoms with Crippen LogP contribution in [0.25, 0.3) is 0 Å². The van der Waals surface area contributed by atoms with Gasteiger partial charge in [0, 0.05) is 37.4 Å². The van der Waals surface area contributed by atoms with Crippen molar-refractivity contribution in [2.75, 3.05) is 20.2 Å². The molecule has 8 nitrogen and oxygen atoms in total. The molecule has 2 aromatic rings. The van der Waals surface area contributed by atoms with Crippen LogP contribution in [0.2, 0.25) is 0 Å². The number of rotatable bonds is 7. The van der Waals surface area contributed by atoms with Crippen molar-refractivity contribution in [2.24, 2.45) is 13.0 Å². The number of nitrogens with zero attached hydrogens (tertiary/aromatic N) is 2. The van der Waals surface area contributed by atoms with Gasteiger partial charge in [-0.25, -0.2) is 17.9 Å². The molecule has 2 aromatic heterocycles. The van der Waals surface area contributed by atoms with Crippen LogP contribution in [0.5, 0.6) is 0 Å². The van der Waals surface area contributed by atoms with Crippen LogP contribution in [-0.2, 0) is 46.0 Å². The van der Waals surface area contributed by atoms with E-state index in [0.717, 1.165) is 47.5 Å². The Labute approximate surface area is 199 Å². The summed E-state index contributed by atoms with van der Waals surface area (Å²) in [5.74, 6) is -0.329. The average Bonchev–Trinajstić information content (AvgIpc) is 3.41. The lowest BCUT2D eigenvalue weighted by molar-refractivity contribution is -0.131. The van der Waals surface area contributed by atoms with Crippen LogP contribution in [-0.4, -0.2) is 50.0 Å². The largest absolute Gasteiger partial charge is 0.465 e. The summed E-state index contributed by atoms with van der Waals surface area (Å²) in [4.78, 5) is 27.9. The van der Waals surface area contributed by atoms with Crippen LogP contribution in [0.3, 0.4) is 0 Å². The van der Waals surface area contributed by atoms with Crippen molar-refractivity contribution in [3.63, 3.8) is 0 Å². The summed E-state index contributed by atoms with van der Waals surface area (Å²) in [6, 6.07) is 1.91. The molecule has 1 amide bonds. The highest BCUT2D eigenvalue weighted by molar-refractivity contribution is 7.91. The molecule has 1 N–H and O–H groups in total. The molecule has 1 fully saturated rings. The van der Waals surface area contributed by atoms with E-state index < -0.39 is 16.0 Å². The van der Waals surface area contributed by atoms with Gasteiger partial charge in [0.15, 0.2) is 0 Å². The number of ether oxygens (including phenoxy) is 1. The van der Waals surface area contributed by atoms with Crippen LogP contribution < -0.4 is 4.72 Å². The number of carbonyl (C=O) groups is 2. The fourth-order valence-electron chi connectivity index (χ4n) is 4.73. The SMILES string of the molecule is COC(=O)c1c(S(=O)(=O)NCC2CCCCC2)sc2c1CCN(C(=O)Cc1ccn(C)c1)C2. The number of methoxy groups -OCH3 is 1. The molecular weight excluding hydrogens is 462 g/mol. The van der Waals surface area contributed by atoms with Gasteiger partial charge in [-0.2, -0.15) is 0 Å². The fraction of sp³-hybridized carbons (Fsp3) is 0.565. The van der Waals surface area contributed by atoms with Crippen LogP contribution in [0, 0.1) is 5.92 Å². The van der Waals surface area contributed by atoms with E-state index in [1.165, 1.54) is 13.5 Å². The minimum atomic E-state index is -3.86. The summed E-state index contributed by atoms with van der Waals surface area (Å²) in [6.07, 6.45) is 10.0. The van der Waals surface area contributed by atoms with Gasteiger partial charge in [-0.3, -0.25) is 4.79 Å². The summed E-state index contributed by atoms with van der Waals surface area (Å²) in [5, 5.41) is 0. The van der Waals surface area contributed by atoms with Gasteiger partial charge < -0.3 is 14.2 Å². The second-order valence-electron chi connectivity index (χ2n) is 8.94. The number of amides is 1. The molecule has 10 heteroatoms. The van der Waals surface area contributed by atoms with Gasteiger partial charge in [-0.1, -0.05) is 19.3 Å². The van der Waals surface area contributed by atoms with Gasteiger partial charge in [-0.05, 0) is 42.4 Å². The molecule has 0 atom stereocenters. The Balaban J connectivity index is 1.54. The highest BCUT2D eigenvalue weighted by atomic mass is 32.2. The number of aromatic nitrogens is 1. The lowest BCUT2D eigenvalue weighted by Crippen LogP contribution is -2.36. The molecule has 2 aliphatic rings. The van der Waals surface area contributed by atoms with Crippen molar-refractivity contribution in [3.05, 3.63) is 40.0 Å². The highest BCUT2D eigenvalue weighted by Gasteiger charge is 2.35. The number of nitrogens with one attached hydrogen (secondary N) is 1. The van der Waals surface area contributed by atoms with Crippen molar-refractivity contribution in [3.8, 4) is 0 Å². The summed E-state index contributed by atoms with van der Waals surface area (Å²) in [6.45, 7) is 1.12. The summed E-state index contributed by atoms with van der Waals surface area (Å²) in [7, 11) is -0.693. The van der Waals surface area contributed by atoms with Crippen LogP contribution in [0.4, 0.5) is 0 Å². The Bertz CT molecular complexity index is 1130. The van der Waals surface area contributed by atoms with E-state index in [0.29, 0.717) is 44.0 Å². The Hall–Kier alpha value is -2.17. The first-order valence-corrected chi connectivity index (χ1v) is 13.7. The van der Waals surface area contributed by atoms with Crippen LogP contribution in [0.15, 0.2) is 22.7 Å². The van der Waals surface area contributed by atoms with E-state index in [4.69, 9.17) is 4.74 Å². The fourth-order valence-corrected chi connectivity index (χ4v) is 7.78. The van der Waals surface area contributed by atoms with E-state index in [9.17, 15) is 18.0 Å². The van der Waals surface area contributed by atoms with Gasteiger partial charge in [-0.15, -0.1) is 11.3 Å². The quantitative estimate of drug-likeness (QED) is 0.598. The first-order valence-electron chi connectivity index (χ1n) is 11.4. The van der Waals surface area contributed by atoms with Gasteiger partial charge in [0.25, 0.3) is 10.0 Å². The molecule has 33 heavy (non-hydrogen) atoms. The zero-order valence-electron chi connectivity index (χ0n) is 19.1. The highest BCUT2D eigenvalue weighted by Crippen LogP contribution is 2.37. The predicted molar refractivity (Wildman–Crippen MR) is 126 cm³/mol. The molecule has 3 heterocycles. The molecule has 1 aliphatic carbocycles. The van der Waals surface area contributed by atoms with Crippen molar-refractivity contribution in [2.45, 2.75) is 55.7 Å². The molecule has 0 bridgehead atoms. The number of carbonyl (C=O) groups excluding carboxylic acids is 2. The first kappa shape index (κ1) is 24.0. The smallest absolute Gasteiger partial charge is 0.340 e. The van der Waals surface area contributed by atoms with Gasteiger partial charge >= 0.3 is 5.97 Å². The van der Waals surface area contributed by atoms with E-state index in [2.05, 4.69) is 4.72 Å². The first-order chi connectivity index (χ1) is 15.8. The zero-order chi connectivity index (χ0) is 23.6. The number of aryl methyl sites for hydroxylation is 1. The molecule has 1 saturated carbocycles. The van der Waals surface area contributed by atoms with Crippen molar-refractivity contribution in [1.29, 1.82) is 0 Å². The number of sulfonamides is 1. The average molecular weight is 494 g/mol. The van der Waals surface area contributed by atoms with E-state index in [-0.39, 0.29) is 15.7 Å². The molecule has 4 rings (SSSR count). The normalized spacial score (nSPS) is 17.1. The molecule has 0 spiro atoms. The molecule has 0 saturated heterocycles. The second-order valence-corrected chi connectivity index (χ2v) is 12.0. The maximum atomic E-state index is 13.2. The lowest BCUT2D eigenvalue weighted by atomic mass is 9.90. The molecule has 1 aliphatic heterocycles. The summed E-state index contributed by atoms with van der Waals surface area (Å²) in [5.41, 5.74) is 1.75. The van der Waals surface area contributed by atoms with Crippen molar-refractivity contribution >= 4 is 33.2 Å². The predicted octanol–water partition coefficient (Wildman–Crippen LogP) is 2.86. The monoisotopic (exact) mass is 493 g/mol. The summed E-state index contributed by atoms with van der Waals surface area (Å²) >= 11 is 1.08. The van der Waals surface area contributed by atoms with Crippen molar-refractivity contribution in [1.82, 2.24) is 14.2 Å². The molecule has 0 aromatic carbocycles. The standard InChI is InChI=1S/C23H31N3O5S2/c1-25-10-8-17(14-25)12-20(27)26-11-9-18-19(15-26)32-23(21(18)22(28)31-2)33(29,30)24-13-16-6-4-3-5-7-16/h8,10,14,16,24H,3-7,9,11-13,15H2,1-2H3. The number of hydrogen-bond donors (Lipinski definition) is 1. The zero-order valence-corrected chi connectivity index (χ0v) is 20.8. The third-order valence-corrected chi connectivity index (χ3v) is 9.70. The Kier molecular flexibility index (Phi) is 7.25. The topological polar surface area (TPSA) is 97.7 Å². The second kappa shape index (κ2) is 9.99. The van der Waals surface area contributed by atoms with Gasteiger partial charge in [0.1, 0.15) is 4.21 Å². The van der Waals surface area contributed by atoms with Crippen LogP contribution >= 0.6 is 11.3 Å². The molecule has 0 radical (unpaired) electrons. The number of hydrogen-bond acceptors (Lipinski definition) is 6.